The second-order valence-corrected chi connectivity index (χ2v) is 7.95. The van der Waals surface area contributed by atoms with E-state index < -0.39 is 0 Å². The van der Waals surface area contributed by atoms with Crippen molar-refractivity contribution in [1.82, 2.24) is 9.47 Å². The van der Waals surface area contributed by atoms with Crippen molar-refractivity contribution in [1.29, 1.82) is 0 Å². The van der Waals surface area contributed by atoms with Crippen LogP contribution in [0, 0.1) is 6.92 Å². The fraction of sp³-hybridized carbons (Fsp3) is 0.148. The van der Waals surface area contributed by atoms with Crippen LogP contribution in [0.2, 0.25) is 0 Å². The molecule has 1 aliphatic rings. The van der Waals surface area contributed by atoms with E-state index in [0.29, 0.717) is 18.0 Å². The number of rotatable bonds is 3. The quantitative estimate of drug-likeness (QED) is 0.444. The number of carbonyl (C=O) groups excluding carboxylic acids is 1. The van der Waals surface area contributed by atoms with Crippen LogP contribution in [-0.4, -0.2) is 22.6 Å². The number of para-hydroxylation sites is 3. The van der Waals surface area contributed by atoms with E-state index in [1.54, 1.807) is 7.11 Å². The molecular formula is C27H25N3O2. The van der Waals surface area contributed by atoms with Gasteiger partial charge in [-0.25, -0.2) is 4.79 Å². The summed E-state index contributed by atoms with van der Waals surface area (Å²) >= 11 is 0. The van der Waals surface area contributed by atoms with Gasteiger partial charge in [-0.2, -0.15) is 0 Å². The minimum absolute atomic E-state index is 0.174. The Morgan fingerprint density at radius 2 is 1.69 bits per heavy atom. The molecule has 5 nitrogen and oxygen atoms in total. The number of nitrogens with one attached hydrogen (secondary N) is 1. The first kappa shape index (κ1) is 19.9. The van der Waals surface area contributed by atoms with Gasteiger partial charge in [0.1, 0.15) is 11.8 Å². The van der Waals surface area contributed by atoms with Crippen molar-refractivity contribution in [3.8, 4) is 11.4 Å². The van der Waals surface area contributed by atoms with E-state index >= 15 is 0 Å². The maximum absolute atomic E-state index is 13.8. The number of nitrogens with zero attached hydrogens (tertiary/aromatic N) is 2. The molecule has 5 heteroatoms. The first-order valence-corrected chi connectivity index (χ1v) is 10.7. The standard InChI is InChI=1S/C27H25N3O2/c1-19-10-3-5-12-21(19)26-24-15-9-17-29(24)23-14-7-4-11-20(23)18-30(26)27(31)28-22-13-6-8-16-25(22)32-2/h3-17,26H,18H2,1-2H3,(H,28,31)/t26-/m0/s1. The van der Waals surface area contributed by atoms with Crippen molar-refractivity contribution in [3.05, 3.63) is 114 Å². The smallest absolute Gasteiger partial charge is 0.323 e. The second kappa shape index (κ2) is 8.27. The van der Waals surface area contributed by atoms with E-state index in [9.17, 15) is 4.79 Å². The van der Waals surface area contributed by atoms with Crippen molar-refractivity contribution >= 4 is 11.7 Å². The van der Waals surface area contributed by atoms with Crippen molar-refractivity contribution in [2.45, 2.75) is 19.5 Å². The largest absolute Gasteiger partial charge is 0.495 e. The van der Waals surface area contributed by atoms with Gasteiger partial charge in [-0.3, -0.25) is 0 Å². The van der Waals surface area contributed by atoms with Gasteiger partial charge >= 0.3 is 6.03 Å². The number of aryl methyl sites for hydroxylation is 1. The summed E-state index contributed by atoms with van der Waals surface area (Å²) in [4.78, 5) is 15.7. The average molecular weight is 424 g/mol. The summed E-state index contributed by atoms with van der Waals surface area (Å²) < 4.78 is 7.65. The summed E-state index contributed by atoms with van der Waals surface area (Å²) in [5, 5.41) is 3.08. The number of urea groups is 1. The molecule has 0 radical (unpaired) electrons. The molecule has 0 fully saturated rings. The molecule has 1 N–H and O–H groups in total. The molecule has 0 saturated heterocycles. The summed E-state index contributed by atoms with van der Waals surface area (Å²) in [6.45, 7) is 2.58. The summed E-state index contributed by atoms with van der Waals surface area (Å²) in [7, 11) is 1.61. The van der Waals surface area contributed by atoms with Crippen LogP contribution in [0.3, 0.4) is 0 Å². The SMILES string of the molecule is COc1ccccc1NC(=O)N1Cc2ccccc2-n2cccc2[C@@H]1c1ccccc1C. The molecule has 0 spiro atoms. The van der Waals surface area contributed by atoms with Gasteiger partial charge in [0.05, 0.1) is 25.0 Å². The fourth-order valence-corrected chi connectivity index (χ4v) is 4.50. The highest BCUT2D eigenvalue weighted by molar-refractivity contribution is 5.91. The number of ether oxygens (including phenoxy) is 1. The highest BCUT2D eigenvalue weighted by atomic mass is 16.5. The average Bonchev–Trinajstić information content (AvgIpc) is 3.24. The van der Waals surface area contributed by atoms with Crippen LogP contribution in [0.25, 0.3) is 5.69 Å². The van der Waals surface area contributed by atoms with E-state index in [2.05, 4.69) is 53.3 Å². The van der Waals surface area contributed by atoms with Crippen molar-refractivity contribution < 1.29 is 9.53 Å². The Labute approximate surface area is 187 Å². The van der Waals surface area contributed by atoms with Gasteiger partial charge < -0.3 is 19.5 Å². The summed E-state index contributed by atoms with van der Waals surface area (Å²) in [6.07, 6.45) is 2.07. The van der Waals surface area contributed by atoms with Gasteiger partial charge in [-0.1, -0.05) is 54.6 Å². The molecule has 1 aliphatic heterocycles. The maximum atomic E-state index is 13.8. The molecule has 3 aromatic carbocycles. The zero-order chi connectivity index (χ0) is 22.1. The molecule has 0 unspecified atom stereocenters. The van der Waals surface area contributed by atoms with Crippen LogP contribution < -0.4 is 10.1 Å². The highest BCUT2D eigenvalue weighted by Crippen LogP contribution is 2.38. The Hall–Kier alpha value is -3.99. The molecule has 2 heterocycles. The minimum atomic E-state index is -0.242. The molecule has 1 aromatic heterocycles. The van der Waals surface area contributed by atoms with Crippen LogP contribution >= 0.6 is 0 Å². The number of methoxy groups -OCH3 is 1. The third kappa shape index (κ3) is 3.42. The predicted octanol–water partition coefficient (Wildman–Crippen LogP) is 5.93. The summed E-state index contributed by atoms with van der Waals surface area (Å²) in [5.41, 5.74) is 6.15. The predicted molar refractivity (Wildman–Crippen MR) is 126 cm³/mol. The van der Waals surface area contributed by atoms with E-state index in [1.165, 1.54) is 0 Å². The zero-order valence-corrected chi connectivity index (χ0v) is 18.2. The molecule has 1 atom stereocenters. The van der Waals surface area contributed by atoms with Gasteiger partial charge in [-0.05, 0) is 53.9 Å². The van der Waals surface area contributed by atoms with Crippen molar-refractivity contribution in [2.24, 2.45) is 0 Å². The molecule has 0 aliphatic carbocycles. The highest BCUT2D eigenvalue weighted by Gasteiger charge is 2.33. The first-order valence-electron chi connectivity index (χ1n) is 10.7. The van der Waals surface area contributed by atoms with Gasteiger partial charge in [0.2, 0.25) is 0 Å². The Bertz CT molecular complexity index is 1280. The topological polar surface area (TPSA) is 46.5 Å². The second-order valence-electron chi connectivity index (χ2n) is 7.95. The lowest BCUT2D eigenvalue weighted by Gasteiger charge is -2.32. The molecule has 5 rings (SSSR count). The van der Waals surface area contributed by atoms with E-state index in [-0.39, 0.29) is 12.1 Å². The Morgan fingerprint density at radius 3 is 2.53 bits per heavy atom. The lowest BCUT2D eigenvalue weighted by Crippen LogP contribution is -2.38. The number of aromatic nitrogens is 1. The number of hydrogen-bond acceptors (Lipinski definition) is 2. The number of anilines is 1. The van der Waals surface area contributed by atoms with E-state index in [0.717, 1.165) is 28.1 Å². The molecule has 0 saturated carbocycles. The van der Waals surface area contributed by atoms with E-state index in [1.807, 2.05) is 59.5 Å². The van der Waals surface area contributed by atoms with Crippen molar-refractivity contribution in [3.63, 3.8) is 0 Å². The molecule has 0 bridgehead atoms. The van der Waals surface area contributed by atoms with Gasteiger partial charge in [0.15, 0.2) is 0 Å². The van der Waals surface area contributed by atoms with Crippen LogP contribution in [0.15, 0.2) is 91.1 Å². The molecule has 32 heavy (non-hydrogen) atoms. The normalized spacial score (nSPS) is 14.8. The molecular weight excluding hydrogens is 398 g/mol. The molecule has 2 amide bonds. The van der Waals surface area contributed by atoms with Crippen LogP contribution in [-0.2, 0) is 6.54 Å². The summed E-state index contributed by atoms with van der Waals surface area (Å²) in [5.74, 6) is 0.631. The minimum Gasteiger partial charge on any atom is -0.495 e. The lowest BCUT2D eigenvalue weighted by molar-refractivity contribution is 0.194. The van der Waals surface area contributed by atoms with E-state index in [4.69, 9.17) is 4.74 Å². The number of benzene rings is 3. The number of amides is 2. The molecule has 160 valence electrons. The zero-order valence-electron chi connectivity index (χ0n) is 18.2. The number of hydrogen-bond donors (Lipinski definition) is 1. The third-order valence-corrected chi connectivity index (χ3v) is 6.06. The van der Waals surface area contributed by atoms with Gasteiger partial charge in [0, 0.05) is 11.9 Å². The van der Waals surface area contributed by atoms with Crippen molar-refractivity contribution in [2.75, 3.05) is 12.4 Å². The maximum Gasteiger partial charge on any atom is 0.323 e. The Balaban J connectivity index is 1.65. The van der Waals surface area contributed by atoms with Gasteiger partial charge in [0.25, 0.3) is 0 Å². The lowest BCUT2D eigenvalue weighted by atomic mass is 9.97. The fourth-order valence-electron chi connectivity index (χ4n) is 4.50. The van der Waals surface area contributed by atoms with Crippen LogP contribution in [0.4, 0.5) is 10.5 Å². The summed E-state index contributed by atoms with van der Waals surface area (Å²) in [6, 6.07) is 27.7. The van der Waals surface area contributed by atoms with Gasteiger partial charge in [-0.15, -0.1) is 0 Å². The third-order valence-electron chi connectivity index (χ3n) is 6.06. The van der Waals surface area contributed by atoms with Crippen LogP contribution in [0.5, 0.6) is 5.75 Å². The number of carbonyl (C=O) groups is 1. The first-order chi connectivity index (χ1) is 15.7. The number of fused-ring (bicyclic) bond motifs is 3. The Kier molecular flexibility index (Phi) is 5.15. The monoisotopic (exact) mass is 423 g/mol. The molecule has 4 aromatic rings. The Morgan fingerprint density at radius 1 is 0.938 bits per heavy atom. The van der Waals surface area contributed by atoms with Crippen LogP contribution in [0.1, 0.15) is 28.4 Å².